The van der Waals surface area contributed by atoms with Gasteiger partial charge in [-0.05, 0) is 37.5 Å². The number of rotatable bonds is 3. The number of hydrogen-bond acceptors (Lipinski definition) is 2. The fourth-order valence-electron chi connectivity index (χ4n) is 2.93. The van der Waals surface area contributed by atoms with Crippen molar-refractivity contribution in [1.29, 1.82) is 0 Å². The van der Waals surface area contributed by atoms with Crippen molar-refractivity contribution in [3.63, 3.8) is 0 Å². The average molecular weight is 292 g/mol. The Kier molecular flexibility index (Phi) is 3.72. The number of hydrogen-bond donors (Lipinski definition) is 1. The third-order valence-corrected chi connectivity index (χ3v) is 4.34. The van der Waals surface area contributed by atoms with Crippen LogP contribution in [0.4, 0.5) is 0 Å². The van der Waals surface area contributed by atoms with Gasteiger partial charge in [0.05, 0.1) is 19.8 Å². The van der Waals surface area contributed by atoms with Gasteiger partial charge in [0, 0.05) is 28.0 Å². The molecule has 1 unspecified atom stereocenters. The van der Waals surface area contributed by atoms with Crippen molar-refractivity contribution < 1.29 is 9.84 Å². The van der Waals surface area contributed by atoms with Crippen LogP contribution in [0.1, 0.15) is 35.8 Å². The van der Waals surface area contributed by atoms with E-state index >= 15 is 0 Å². The van der Waals surface area contributed by atoms with E-state index in [0.29, 0.717) is 11.6 Å². The number of methoxy groups -OCH3 is 1. The summed E-state index contributed by atoms with van der Waals surface area (Å²) < 4.78 is 7.56. The van der Waals surface area contributed by atoms with E-state index in [9.17, 15) is 5.11 Å². The van der Waals surface area contributed by atoms with E-state index in [-0.39, 0.29) is 6.10 Å². The molecule has 0 saturated carbocycles. The quantitative estimate of drug-likeness (QED) is 0.938. The Morgan fingerprint density at radius 3 is 3.05 bits per heavy atom. The van der Waals surface area contributed by atoms with E-state index in [4.69, 9.17) is 16.3 Å². The molecule has 0 amide bonds. The van der Waals surface area contributed by atoms with Gasteiger partial charge in [-0.2, -0.15) is 0 Å². The SMILES string of the molecule is COc1cccc(Cl)c1Cn1ccc2c1CCCC2O. The second-order valence-corrected chi connectivity index (χ2v) is 5.58. The van der Waals surface area contributed by atoms with Crippen LogP contribution in [0.5, 0.6) is 5.75 Å². The topological polar surface area (TPSA) is 34.4 Å². The second-order valence-electron chi connectivity index (χ2n) is 5.17. The van der Waals surface area contributed by atoms with Crippen LogP contribution in [0.15, 0.2) is 30.5 Å². The summed E-state index contributed by atoms with van der Waals surface area (Å²) >= 11 is 6.29. The van der Waals surface area contributed by atoms with Crippen LogP contribution in [0.3, 0.4) is 0 Å². The van der Waals surface area contributed by atoms with Crippen LogP contribution in [-0.4, -0.2) is 16.8 Å². The Bertz CT molecular complexity index is 621. The Morgan fingerprint density at radius 1 is 1.40 bits per heavy atom. The average Bonchev–Trinajstić information content (AvgIpc) is 2.86. The lowest BCUT2D eigenvalue weighted by atomic mass is 9.95. The zero-order valence-corrected chi connectivity index (χ0v) is 12.2. The van der Waals surface area contributed by atoms with Gasteiger partial charge in [0.1, 0.15) is 5.75 Å². The first-order valence-corrected chi connectivity index (χ1v) is 7.26. The third kappa shape index (κ3) is 2.32. The molecule has 3 nitrogen and oxygen atoms in total. The van der Waals surface area contributed by atoms with Gasteiger partial charge in [-0.15, -0.1) is 0 Å². The predicted octanol–water partition coefficient (Wildman–Crippen LogP) is 3.57. The molecule has 1 aromatic heterocycles. The maximum atomic E-state index is 10.0. The maximum absolute atomic E-state index is 10.0. The Labute approximate surface area is 123 Å². The monoisotopic (exact) mass is 291 g/mol. The molecule has 4 heteroatoms. The molecule has 1 aromatic carbocycles. The highest BCUT2D eigenvalue weighted by molar-refractivity contribution is 6.31. The van der Waals surface area contributed by atoms with Crippen LogP contribution in [0, 0.1) is 0 Å². The molecule has 2 aromatic rings. The van der Waals surface area contributed by atoms with Crippen molar-refractivity contribution >= 4 is 11.6 Å². The molecule has 1 aliphatic rings. The Balaban J connectivity index is 1.97. The van der Waals surface area contributed by atoms with E-state index in [1.54, 1.807) is 7.11 Å². The minimum Gasteiger partial charge on any atom is -0.496 e. The van der Waals surface area contributed by atoms with Gasteiger partial charge in [0.25, 0.3) is 0 Å². The van der Waals surface area contributed by atoms with E-state index < -0.39 is 0 Å². The highest BCUT2D eigenvalue weighted by Gasteiger charge is 2.21. The van der Waals surface area contributed by atoms with E-state index in [1.165, 1.54) is 5.69 Å². The molecule has 1 heterocycles. The van der Waals surface area contributed by atoms with Crippen molar-refractivity contribution in [1.82, 2.24) is 4.57 Å². The molecule has 1 aliphatic carbocycles. The molecular weight excluding hydrogens is 274 g/mol. The lowest BCUT2D eigenvalue weighted by molar-refractivity contribution is 0.155. The zero-order chi connectivity index (χ0) is 14.1. The number of benzene rings is 1. The molecule has 106 valence electrons. The molecule has 0 radical (unpaired) electrons. The Hall–Kier alpha value is -1.45. The third-order valence-electron chi connectivity index (χ3n) is 3.99. The summed E-state index contributed by atoms with van der Waals surface area (Å²) in [5.41, 5.74) is 3.25. The fourth-order valence-corrected chi connectivity index (χ4v) is 3.16. The number of fused-ring (bicyclic) bond motifs is 1. The van der Waals surface area contributed by atoms with E-state index in [1.807, 2.05) is 30.5 Å². The molecule has 0 fully saturated rings. The molecule has 1 atom stereocenters. The first kappa shape index (κ1) is 13.5. The van der Waals surface area contributed by atoms with Crippen molar-refractivity contribution in [2.45, 2.75) is 31.9 Å². The molecule has 3 rings (SSSR count). The van der Waals surface area contributed by atoms with Gasteiger partial charge < -0.3 is 14.4 Å². The van der Waals surface area contributed by atoms with Gasteiger partial charge in [-0.1, -0.05) is 17.7 Å². The number of aliphatic hydroxyl groups excluding tert-OH is 1. The predicted molar refractivity (Wildman–Crippen MR) is 79.4 cm³/mol. The van der Waals surface area contributed by atoms with Gasteiger partial charge in [-0.25, -0.2) is 0 Å². The lowest BCUT2D eigenvalue weighted by Crippen LogP contribution is -2.12. The fraction of sp³-hybridized carbons (Fsp3) is 0.375. The van der Waals surface area contributed by atoms with Crippen molar-refractivity contribution in [2.75, 3.05) is 7.11 Å². The van der Waals surface area contributed by atoms with Crippen molar-refractivity contribution in [3.8, 4) is 5.75 Å². The number of halogens is 1. The number of aromatic nitrogens is 1. The molecule has 20 heavy (non-hydrogen) atoms. The highest BCUT2D eigenvalue weighted by Crippen LogP contribution is 2.33. The molecule has 0 bridgehead atoms. The lowest BCUT2D eigenvalue weighted by Gasteiger charge is -2.21. The number of aliphatic hydroxyl groups is 1. The summed E-state index contributed by atoms with van der Waals surface area (Å²) in [6.45, 7) is 0.672. The maximum Gasteiger partial charge on any atom is 0.125 e. The molecule has 0 saturated heterocycles. The summed E-state index contributed by atoms with van der Waals surface area (Å²) in [7, 11) is 1.66. The van der Waals surface area contributed by atoms with Crippen LogP contribution in [0.2, 0.25) is 5.02 Å². The van der Waals surface area contributed by atoms with Gasteiger partial charge in [-0.3, -0.25) is 0 Å². The van der Waals surface area contributed by atoms with Crippen molar-refractivity contribution in [3.05, 3.63) is 52.3 Å². The van der Waals surface area contributed by atoms with Gasteiger partial charge in [0.2, 0.25) is 0 Å². The smallest absolute Gasteiger partial charge is 0.125 e. The molecule has 1 N–H and O–H groups in total. The molecule has 0 spiro atoms. The van der Waals surface area contributed by atoms with E-state index in [0.717, 1.165) is 36.1 Å². The summed E-state index contributed by atoms with van der Waals surface area (Å²) in [5.74, 6) is 0.802. The van der Waals surface area contributed by atoms with Crippen LogP contribution >= 0.6 is 11.6 Å². The zero-order valence-electron chi connectivity index (χ0n) is 11.5. The van der Waals surface area contributed by atoms with Gasteiger partial charge in [0.15, 0.2) is 0 Å². The van der Waals surface area contributed by atoms with Crippen LogP contribution in [0.25, 0.3) is 0 Å². The molecule has 0 aliphatic heterocycles. The first-order chi connectivity index (χ1) is 9.70. The first-order valence-electron chi connectivity index (χ1n) is 6.88. The highest BCUT2D eigenvalue weighted by atomic mass is 35.5. The minimum atomic E-state index is -0.326. The molecular formula is C16H18ClNO2. The summed E-state index contributed by atoms with van der Waals surface area (Å²) in [5, 5.41) is 10.7. The van der Waals surface area contributed by atoms with Crippen LogP contribution < -0.4 is 4.74 Å². The normalized spacial score (nSPS) is 17.9. The second kappa shape index (κ2) is 5.51. The number of nitrogens with zero attached hydrogens (tertiary/aromatic N) is 1. The van der Waals surface area contributed by atoms with E-state index in [2.05, 4.69) is 4.57 Å². The summed E-state index contributed by atoms with van der Waals surface area (Å²) in [6.07, 6.45) is 4.59. The van der Waals surface area contributed by atoms with Crippen molar-refractivity contribution in [2.24, 2.45) is 0 Å². The summed E-state index contributed by atoms with van der Waals surface area (Å²) in [6, 6.07) is 7.71. The minimum absolute atomic E-state index is 0.326. The van der Waals surface area contributed by atoms with Gasteiger partial charge >= 0.3 is 0 Å². The number of ether oxygens (including phenoxy) is 1. The standard InChI is InChI=1S/C16H18ClNO2/c1-20-16-7-2-4-13(17)12(16)10-18-9-8-11-14(18)5-3-6-15(11)19/h2,4,7-9,15,19H,3,5-6,10H2,1H3. The Morgan fingerprint density at radius 2 is 2.25 bits per heavy atom. The summed E-state index contributed by atoms with van der Waals surface area (Å²) in [4.78, 5) is 0. The largest absolute Gasteiger partial charge is 0.496 e. The van der Waals surface area contributed by atoms with Crippen LogP contribution in [-0.2, 0) is 13.0 Å².